The van der Waals surface area contributed by atoms with Crippen LogP contribution in [0.25, 0.3) is 0 Å². The predicted octanol–water partition coefficient (Wildman–Crippen LogP) is 0.104. The Bertz CT molecular complexity index is 898. The number of carboxylic acids is 1. The van der Waals surface area contributed by atoms with Gasteiger partial charge < -0.3 is 45.1 Å². The lowest BCUT2D eigenvalue weighted by molar-refractivity contribution is -0.167. The number of aliphatic hydroxyl groups excluding tert-OH is 2. The molecule has 0 aromatic rings. The summed E-state index contributed by atoms with van der Waals surface area (Å²) < 4.78 is 27.0. The number of halogens is 1. The number of allylic oxidation sites excluding steroid dienone is 2. The van der Waals surface area contributed by atoms with Gasteiger partial charge in [-0.15, -0.1) is 0 Å². The number of aliphatic imine (C=N–C) groups is 2. The second-order valence-electron chi connectivity index (χ2n) is 8.10. The molecule has 1 saturated carbocycles. The lowest BCUT2D eigenvalue weighted by Crippen LogP contribution is -2.48. The van der Waals surface area contributed by atoms with E-state index in [4.69, 9.17) is 26.8 Å². The highest BCUT2D eigenvalue weighted by atomic mass is 35.5. The van der Waals surface area contributed by atoms with Gasteiger partial charge in [-0.1, -0.05) is 31.1 Å². The minimum Gasteiger partial charge on any atom is -0.479 e. The van der Waals surface area contributed by atoms with Crippen molar-refractivity contribution in [1.29, 1.82) is 0 Å². The van der Waals surface area contributed by atoms with Crippen molar-refractivity contribution in [2.24, 2.45) is 15.7 Å². The molecule has 0 unspecified atom stereocenters. The summed E-state index contributed by atoms with van der Waals surface area (Å²) in [7, 11) is -4.30. The monoisotopic (exact) mass is 539 g/mol. The van der Waals surface area contributed by atoms with Crippen LogP contribution in [0.2, 0.25) is 0 Å². The highest BCUT2D eigenvalue weighted by Crippen LogP contribution is 2.52. The second kappa shape index (κ2) is 13.0. The molecule has 0 amide bonds. The van der Waals surface area contributed by atoms with Crippen LogP contribution in [0.5, 0.6) is 0 Å². The molecule has 7 N–H and O–H groups in total. The number of hydrogen-bond acceptors (Lipinski definition) is 8. The third-order valence-electron chi connectivity index (χ3n) is 5.55. The van der Waals surface area contributed by atoms with Crippen molar-refractivity contribution < 1.29 is 48.7 Å². The summed E-state index contributed by atoms with van der Waals surface area (Å²) in [6, 6.07) is 0.137. The number of methoxy groups -OCH3 is 1. The zero-order chi connectivity index (χ0) is 26.2. The molecule has 1 heterocycles. The number of hydrogen-bond donors (Lipinski definition) is 6. The van der Waals surface area contributed by atoms with E-state index >= 15 is 0 Å². The highest BCUT2D eigenvalue weighted by molar-refractivity contribution is 7.54. The maximum atomic E-state index is 11.8. The first-order valence-corrected chi connectivity index (χ1v) is 12.8. The highest BCUT2D eigenvalue weighted by Gasteiger charge is 2.57. The van der Waals surface area contributed by atoms with E-state index in [1.165, 1.54) is 12.2 Å². The van der Waals surface area contributed by atoms with E-state index in [2.05, 4.69) is 14.7 Å². The number of nitrogens with zero attached hydrogens (tertiary/aromatic N) is 2. The fourth-order valence-electron chi connectivity index (χ4n) is 3.70. The molecule has 1 aliphatic heterocycles. The summed E-state index contributed by atoms with van der Waals surface area (Å²) in [5.41, 5.74) is 5.44. The van der Waals surface area contributed by atoms with Crippen LogP contribution >= 0.6 is 19.2 Å². The van der Waals surface area contributed by atoms with Gasteiger partial charge in [0.25, 0.3) is 5.34 Å². The normalized spacial score (nSPS) is 28.9. The van der Waals surface area contributed by atoms with Crippen LogP contribution in [-0.4, -0.2) is 98.3 Å². The van der Waals surface area contributed by atoms with Crippen molar-refractivity contribution in [2.75, 3.05) is 20.3 Å². The number of ether oxygens (including phenoxy) is 3. The van der Waals surface area contributed by atoms with Gasteiger partial charge in [-0.2, -0.15) is 0 Å². The van der Waals surface area contributed by atoms with Crippen molar-refractivity contribution in [3.8, 4) is 0 Å². The van der Waals surface area contributed by atoms with E-state index < -0.39 is 56.5 Å². The first-order chi connectivity index (χ1) is 16.4. The Balaban J connectivity index is 2.06. The van der Waals surface area contributed by atoms with E-state index in [1.54, 1.807) is 12.2 Å². The molecular formula is C20H31ClN3O10P. The van der Waals surface area contributed by atoms with E-state index in [0.29, 0.717) is 5.84 Å². The predicted molar refractivity (Wildman–Crippen MR) is 126 cm³/mol. The number of nitrogens with two attached hydrogens (primary N) is 1. The largest absolute Gasteiger partial charge is 0.479 e. The van der Waals surface area contributed by atoms with E-state index in [1.807, 2.05) is 0 Å². The minimum atomic E-state index is -5.35. The molecule has 0 spiro atoms. The third kappa shape index (κ3) is 7.91. The van der Waals surface area contributed by atoms with Gasteiger partial charge in [0.1, 0.15) is 24.4 Å². The van der Waals surface area contributed by atoms with Gasteiger partial charge in [0.15, 0.2) is 11.1 Å². The zero-order valence-electron chi connectivity index (χ0n) is 19.0. The van der Waals surface area contributed by atoms with Crippen LogP contribution < -0.4 is 5.73 Å². The fourth-order valence-corrected chi connectivity index (χ4v) is 4.58. The molecule has 35 heavy (non-hydrogen) atoms. The van der Waals surface area contributed by atoms with Crippen LogP contribution in [0, 0.1) is 0 Å². The van der Waals surface area contributed by atoms with E-state index in [-0.39, 0.29) is 11.3 Å². The topological polar surface area (TPSA) is 214 Å². The smallest absolute Gasteiger partial charge is 0.371 e. The van der Waals surface area contributed by atoms with Crippen LogP contribution in [0.1, 0.15) is 25.7 Å². The Hall–Kier alpha value is -1.67. The Kier molecular flexibility index (Phi) is 11.0. The second-order valence-corrected chi connectivity index (χ2v) is 10.3. The van der Waals surface area contributed by atoms with Gasteiger partial charge in [0.2, 0.25) is 0 Å². The summed E-state index contributed by atoms with van der Waals surface area (Å²) in [4.78, 5) is 39.1. The molecule has 2 aliphatic rings. The number of aliphatic carboxylic acids is 1. The Morgan fingerprint density at radius 2 is 1.91 bits per heavy atom. The van der Waals surface area contributed by atoms with Gasteiger partial charge >= 0.3 is 13.6 Å². The molecule has 5 atom stereocenters. The van der Waals surface area contributed by atoms with Crippen LogP contribution in [0.3, 0.4) is 0 Å². The van der Waals surface area contributed by atoms with Crippen molar-refractivity contribution in [2.45, 2.75) is 61.5 Å². The molecule has 0 aromatic heterocycles. The number of carbonyl (C=O) groups is 1. The van der Waals surface area contributed by atoms with Crippen LogP contribution in [0.15, 0.2) is 34.3 Å². The maximum Gasteiger partial charge on any atom is 0.371 e. The lowest BCUT2D eigenvalue weighted by atomic mass is 10.1. The molecule has 1 aliphatic carbocycles. The summed E-state index contributed by atoms with van der Waals surface area (Å²) in [6.07, 6.45) is 4.91. The maximum absolute atomic E-state index is 11.8. The Morgan fingerprint density at radius 1 is 1.26 bits per heavy atom. The van der Waals surface area contributed by atoms with Gasteiger partial charge in [-0.25, -0.2) is 9.79 Å². The number of rotatable bonds is 11. The molecule has 0 aromatic carbocycles. The van der Waals surface area contributed by atoms with Gasteiger partial charge in [-0.3, -0.25) is 9.56 Å². The molecule has 2 fully saturated rings. The molecular weight excluding hydrogens is 509 g/mol. The molecule has 15 heteroatoms. The van der Waals surface area contributed by atoms with Crippen LogP contribution in [-0.2, 0) is 23.6 Å². The lowest BCUT2D eigenvalue weighted by Gasteiger charge is -2.30. The SMILES string of the molecule is COC[C@](OC[C@H]1O[C@@H](C=CC=CC(N=C(N)Cl)=NC2CCCC2)[C@H](O)[C@@H]1O)(C(=O)O)P(=O)(O)O. The fraction of sp³-hybridized carbons (Fsp3) is 0.650. The number of carboxylic acid groups (broad SMARTS) is 1. The summed E-state index contributed by atoms with van der Waals surface area (Å²) in [5.74, 6) is -1.62. The standard InChI is InChI=1S/C20H31ClN3O10P/c1-32-11-20(18(27)28,35(29,30)31)33-10-14-17(26)16(25)13(34-14)8-4-5-9-15(24-19(21)22)23-12-6-2-3-7-12/h4-5,8-9,12-14,16-17,25-26H,2-3,6-7,10-11H2,1H3,(H,27,28)(H2,22,23,24)(H2,29,30,31)/t13-,14+,16-,17+,20+/m0/s1. The summed E-state index contributed by atoms with van der Waals surface area (Å²) in [6.45, 7) is -1.69. The molecule has 2 rings (SSSR count). The van der Waals surface area contributed by atoms with Crippen molar-refractivity contribution >= 4 is 36.3 Å². The molecule has 0 radical (unpaired) electrons. The first kappa shape index (κ1) is 29.6. The molecule has 1 saturated heterocycles. The summed E-state index contributed by atoms with van der Waals surface area (Å²) in [5, 5.41) is 26.7. The van der Waals surface area contributed by atoms with Crippen LogP contribution in [0.4, 0.5) is 0 Å². The first-order valence-electron chi connectivity index (χ1n) is 10.8. The average Bonchev–Trinajstić information content (AvgIpc) is 3.36. The number of aliphatic hydroxyl groups is 2. The van der Waals surface area contributed by atoms with Gasteiger partial charge in [-0.05, 0) is 30.5 Å². The minimum absolute atomic E-state index is 0.137. The van der Waals surface area contributed by atoms with Gasteiger partial charge in [0, 0.05) is 7.11 Å². The zero-order valence-corrected chi connectivity index (χ0v) is 20.7. The molecule has 0 bridgehead atoms. The Morgan fingerprint density at radius 3 is 2.46 bits per heavy atom. The number of amidine groups is 2. The van der Waals surface area contributed by atoms with Crippen molar-refractivity contribution in [3.05, 3.63) is 24.3 Å². The van der Waals surface area contributed by atoms with E-state index in [0.717, 1.165) is 32.8 Å². The van der Waals surface area contributed by atoms with Crippen molar-refractivity contribution in [1.82, 2.24) is 0 Å². The van der Waals surface area contributed by atoms with Crippen molar-refractivity contribution in [3.63, 3.8) is 0 Å². The average molecular weight is 540 g/mol. The van der Waals surface area contributed by atoms with E-state index in [9.17, 15) is 34.5 Å². The van der Waals surface area contributed by atoms with Gasteiger partial charge in [0.05, 0.1) is 19.3 Å². The summed E-state index contributed by atoms with van der Waals surface area (Å²) >= 11 is 5.66. The quantitative estimate of drug-likeness (QED) is 0.0680. The Labute approximate surface area is 207 Å². The molecule has 13 nitrogen and oxygen atoms in total. The molecule has 198 valence electrons. The third-order valence-corrected chi connectivity index (χ3v) is 7.02.